The fourth-order valence-corrected chi connectivity index (χ4v) is 5.57. The lowest BCUT2D eigenvalue weighted by Crippen LogP contribution is -2.38. The van der Waals surface area contributed by atoms with Crippen molar-refractivity contribution in [2.24, 2.45) is 13.0 Å². The number of rotatable bonds is 8. The van der Waals surface area contributed by atoms with Gasteiger partial charge in [-0.1, -0.05) is 73.3 Å². The number of aliphatic hydroxyl groups is 1. The Hall–Kier alpha value is -3.43. The lowest BCUT2D eigenvalue weighted by atomic mass is 9.91. The summed E-state index contributed by atoms with van der Waals surface area (Å²) < 4.78 is 15.0. The van der Waals surface area contributed by atoms with E-state index < -0.39 is 6.29 Å². The van der Waals surface area contributed by atoms with Crippen molar-refractivity contribution in [2.75, 3.05) is 11.1 Å². The summed E-state index contributed by atoms with van der Waals surface area (Å²) in [4.78, 5) is 17.0. The number of benzene rings is 3. The molecule has 196 valence electrons. The summed E-state index contributed by atoms with van der Waals surface area (Å²) in [7, 11) is 1.98. The number of aromatic nitrogens is 2. The van der Waals surface area contributed by atoms with E-state index in [2.05, 4.69) is 17.2 Å². The predicted octanol–water partition coefficient (Wildman–Crippen LogP) is 5.75. The predicted molar refractivity (Wildman–Crippen MR) is 148 cm³/mol. The van der Waals surface area contributed by atoms with Crippen LogP contribution in [0.25, 0.3) is 0 Å². The number of nitrogens with zero attached hydrogens (tertiary/aromatic N) is 2. The summed E-state index contributed by atoms with van der Waals surface area (Å²) in [5.74, 6) is 0.654. The van der Waals surface area contributed by atoms with E-state index in [0.29, 0.717) is 11.3 Å². The number of aliphatic hydroxyl groups excluding tert-OH is 1. The second-order valence-electron chi connectivity index (χ2n) is 9.40. The molecule has 1 fully saturated rings. The first-order chi connectivity index (χ1) is 18.5. The number of aryl methyl sites for hydroxylation is 1. The molecular weight excluding hydrogens is 498 g/mol. The molecule has 1 aromatic heterocycles. The molecule has 7 nitrogen and oxygen atoms in total. The van der Waals surface area contributed by atoms with Gasteiger partial charge in [-0.2, -0.15) is 0 Å². The van der Waals surface area contributed by atoms with Crippen molar-refractivity contribution in [3.63, 3.8) is 0 Å². The summed E-state index contributed by atoms with van der Waals surface area (Å²) in [6.07, 6.45) is 2.88. The van der Waals surface area contributed by atoms with Gasteiger partial charge in [0.2, 0.25) is 0 Å². The molecule has 0 bridgehead atoms. The molecular formula is C30H31N3O4S. The van der Waals surface area contributed by atoms with Gasteiger partial charge >= 0.3 is 0 Å². The third-order valence-corrected chi connectivity index (χ3v) is 7.90. The summed E-state index contributed by atoms with van der Waals surface area (Å²) in [5.41, 5.74) is 4.08. The van der Waals surface area contributed by atoms with Crippen molar-refractivity contribution < 1.29 is 19.4 Å². The molecule has 5 rings (SSSR count). The van der Waals surface area contributed by atoms with Crippen LogP contribution < -0.4 is 5.32 Å². The van der Waals surface area contributed by atoms with Crippen molar-refractivity contribution in [3.05, 3.63) is 114 Å². The maximum atomic E-state index is 12.5. The average Bonchev–Trinajstić information content (AvgIpc) is 3.38. The van der Waals surface area contributed by atoms with E-state index >= 15 is 0 Å². The van der Waals surface area contributed by atoms with Crippen LogP contribution in [0.3, 0.4) is 0 Å². The molecule has 1 amide bonds. The van der Waals surface area contributed by atoms with Gasteiger partial charge in [0.25, 0.3) is 5.91 Å². The van der Waals surface area contributed by atoms with Gasteiger partial charge in [-0.15, -0.1) is 0 Å². The number of anilines is 1. The fraction of sp³-hybridized carbons (Fsp3) is 0.267. The Morgan fingerprint density at radius 1 is 1.00 bits per heavy atom. The fourth-order valence-electron chi connectivity index (χ4n) is 4.47. The number of hydrogen-bond donors (Lipinski definition) is 2. The van der Waals surface area contributed by atoms with E-state index in [9.17, 15) is 9.90 Å². The minimum absolute atomic E-state index is 0.00316. The number of hydrogen-bond acceptors (Lipinski definition) is 6. The molecule has 4 unspecified atom stereocenters. The Bertz CT molecular complexity index is 1340. The van der Waals surface area contributed by atoms with Gasteiger partial charge in [0.15, 0.2) is 11.4 Å². The Balaban J connectivity index is 1.34. The van der Waals surface area contributed by atoms with Crippen molar-refractivity contribution >= 4 is 23.4 Å². The van der Waals surface area contributed by atoms with E-state index in [1.54, 1.807) is 30.1 Å². The molecule has 2 heterocycles. The number of nitrogens with one attached hydrogen (secondary N) is 1. The summed E-state index contributed by atoms with van der Waals surface area (Å²) >= 11 is 1.66. The van der Waals surface area contributed by atoms with E-state index in [0.717, 1.165) is 27.6 Å². The van der Waals surface area contributed by atoms with Crippen LogP contribution in [0.15, 0.2) is 96.4 Å². The van der Waals surface area contributed by atoms with Gasteiger partial charge in [0.05, 0.1) is 18.8 Å². The smallest absolute Gasteiger partial charge is 0.255 e. The number of thioether (sulfide) groups is 1. The molecule has 0 aliphatic carbocycles. The molecule has 1 aliphatic rings. The monoisotopic (exact) mass is 529 g/mol. The molecule has 0 spiro atoms. The zero-order valence-corrected chi connectivity index (χ0v) is 22.2. The first-order valence-corrected chi connectivity index (χ1v) is 13.6. The molecule has 1 saturated heterocycles. The number of amides is 1. The van der Waals surface area contributed by atoms with Crippen molar-refractivity contribution in [1.29, 1.82) is 0 Å². The Labute approximate surface area is 226 Å². The largest absolute Gasteiger partial charge is 0.392 e. The molecule has 1 aliphatic heterocycles. The van der Waals surface area contributed by atoms with E-state index in [-0.39, 0.29) is 30.6 Å². The number of ether oxygens (including phenoxy) is 2. The van der Waals surface area contributed by atoms with E-state index in [4.69, 9.17) is 9.47 Å². The van der Waals surface area contributed by atoms with Crippen LogP contribution in [0.1, 0.15) is 46.4 Å². The number of carbonyl (C=O) groups is 1. The quantitative estimate of drug-likeness (QED) is 0.283. The topological polar surface area (TPSA) is 85.6 Å². The maximum absolute atomic E-state index is 12.5. The van der Waals surface area contributed by atoms with Crippen LogP contribution in [0, 0.1) is 5.92 Å². The molecule has 0 saturated carbocycles. The molecule has 4 atom stereocenters. The second kappa shape index (κ2) is 12.0. The molecule has 38 heavy (non-hydrogen) atoms. The number of imidazole rings is 1. The third-order valence-electron chi connectivity index (χ3n) is 6.75. The SMILES string of the molecule is CC1C(CSc2nccn2C)OC(c2ccc(NC(=O)c3ccccc3)cc2)OC1c1ccc(CO)cc1. The number of carbonyl (C=O) groups excluding carboxylic acids is 1. The van der Waals surface area contributed by atoms with Gasteiger partial charge in [-0.3, -0.25) is 4.79 Å². The minimum Gasteiger partial charge on any atom is -0.392 e. The van der Waals surface area contributed by atoms with Crippen LogP contribution in [-0.2, 0) is 23.1 Å². The zero-order chi connectivity index (χ0) is 26.5. The first kappa shape index (κ1) is 26.2. The maximum Gasteiger partial charge on any atom is 0.255 e. The molecule has 8 heteroatoms. The Morgan fingerprint density at radius 3 is 2.37 bits per heavy atom. The summed E-state index contributed by atoms with van der Waals surface area (Å²) in [6, 6.07) is 24.6. The zero-order valence-electron chi connectivity index (χ0n) is 21.4. The highest BCUT2D eigenvalue weighted by Gasteiger charge is 2.38. The van der Waals surface area contributed by atoms with Gasteiger partial charge in [-0.05, 0) is 35.4 Å². The van der Waals surface area contributed by atoms with E-state index in [1.807, 2.05) is 84.5 Å². The van der Waals surface area contributed by atoms with Crippen molar-refractivity contribution in [3.8, 4) is 0 Å². The summed E-state index contributed by atoms with van der Waals surface area (Å²) in [6.45, 7) is 2.15. The van der Waals surface area contributed by atoms with Gasteiger partial charge in [-0.25, -0.2) is 4.98 Å². The van der Waals surface area contributed by atoms with Gasteiger partial charge in [0, 0.05) is 47.9 Å². The first-order valence-electron chi connectivity index (χ1n) is 12.6. The normalized spacial score (nSPS) is 21.2. The van der Waals surface area contributed by atoms with Gasteiger partial charge in [0.1, 0.15) is 0 Å². The average molecular weight is 530 g/mol. The van der Waals surface area contributed by atoms with Crippen molar-refractivity contribution in [2.45, 2.75) is 37.2 Å². The van der Waals surface area contributed by atoms with Gasteiger partial charge < -0.3 is 24.5 Å². The Kier molecular flexibility index (Phi) is 8.24. The van der Waals surface area contributed by atoms with Crippen molar-refractivity contribution in [1.82, 2.24) is 9.55 Å². The lowest BCUT2D eigenvalue weighted by molar-refractivity contribution is -0.268. The highest BCUT2D eigenvalue weighted by atomic mass is 32.2. The second-order valence-corrected chi connectivity index (χ2v) is 10.4. The van der Waals surface area contributed by atoms with Crippen LogP contribution in [0.2, 0.25) is 0 Å². The molecule has 4 aromatic rings. The van der Waals surface area contributed by atoms with E-state index in [1.165, 1.54) is 0 Å². The highest BCUT2D eigenvalue weighted by molar-refractivity contribution is 7.99. The van der Waals surface area contributed by atoms with Crippen LogP contribution in [-0.4, -0.2) is 32.4 Å². The van der Waals surface area contributed by atoms with Crippen LogP contribution >= 0.6 is 11.8 Å². The molecule has 0 radical (unpaired) electrons. The summed E-state index contributed by atoms with van der Waals surface area (Å²) in [5, 5.41) is 13.3. The third kappa shape index (κ3) is 6.00. The standard InChI is InChI=1S/C30H31N3O4S/c1-20-26(19-38-30-31-16-17-33(30)2)36-29(37-27(20)22-10-8-21(18-34)9-11-22)24-12-14-25(15-13-24)32-28(35)23-6-4-3-5-7-23/h3-17,20,26-27,29,34H,18-19H2,1-2H3,(H,32,35). The highest BCUT2D eigenvalue weighted by Crippen LogP contribution is 2.43. The molecule has 2 N–H and O–H groups in total. The molecule has 3 aromatic carbocycles. The minimum atomic E-state index is -0.570. The Morgan fingerprint density at radius 2 is 1.71 bits per heavy atom. The van der Waals surface area contributed by atoms with Crippen LogP contribution in [0.5, 0.6) is 0 Å². The lowest BCUT2D eigenvalue weighted by Gasteiger charge is -2.41. The van der Waals surface area contributed by atoms with Crippen LogP contribution in [0.4, 0.5) is 5.69 Å².